The highest BCUT2D eigenvalue weighted by molar-refractivity contribution is 7.98. The van der Waals surface area contributed by atoms with Gasteiger partial charge in [-0.2, -0.15) is 0 Å². The number of nitrogens with one attached hydrogen (secondary N) is 2. The molecule has 6 rings (SSSR count). The first-order valence-corrected chi connectivity index (χ1v) is 19.2. The molecule has 12 nitrogen and oxygen atoms in total. The predicted molar refractivity (Wildman–Crippen MR) is 202 cm³/mol. The number of aromatic nitrogens is 2. The first kappa shape index (κ1) is 37.5. The van der Waals surface area contributed by atoms with E-state index in [4.69, 9.17) is 23.9 Å². The summed E-state index contributed by atoms with van der Waals surface area (Å²) < 4.78 is 25.0. The molecule has 2 N–H and O–H groups in total. The molecule has 2 fully saturated rings. The number of piperidine rings is 1. The van der Waals surface area contributed by atoms with E-state index in [2.05, 4.69) is 29.0 Å². The van der Waals surface area contributed by atoms with Crippen LogP contribution in [0.4, 0.5) is 10.6 Å². The number of anilines is 1. The number of amides is 2. The number of fused-ring (bicyclic) bond motifs is 1. The maximum Gasteiger partial charge on any atom is 0.410 e. The molecule has 2 saturated heterocycles. The smallest absolute Gasteiger partial charge is 0.410 e. The molecule has 0 saturated carbocycles. The minimum atomic E-state index is -1.03. The van der Waals surface area contributed by atoms with Crippen molar-refractivity contribution in [3.8, 4) is 22.6 Å². The lowest BCUT2D eigenvalue weighted by Gasteiger charge is -2.39. The Morgan fingerprint density at radius 2 is 1.75 bits per heavy atom. The van der Waals surface area contributed by atoms with Crippen LogP contribution in [-0.2, 0) is 16.0 Å². The summed E-state index contributed by atoms with van der Waals surface area (Å²) in [5.74, 6) is 0.488. The van der Waals surface area contributed by atoms with E-state index in [0.29, 0.717) is 59.7 Å². The third-order valence-corrected chi connectivity index (χ3v) is 10.7. The maximum atomic E-state index is 14.0. The van der Waals surface area contributed by atoms with E-state index in [9.17, 15) is 14.4 Å². The molecule has 3 atom stereocenters. The van der Waals surface area contributed by atoms with Gasteiger partial charge in [0, 0.05) is 90.2 Å². The van der Waals surface area contributed by atoms with Crippen molar-refractivity contribution in [2.75, 3.05) is 37.3 Å². The number of hydrogen-bond acceptors (Lipinski definition) is 10. The number of thioether (sulfide) groups is 1. The van der Waals surface area contributed by atoms with Crippen molar-refractivity contribution in [2.45, 2.75) is 103 Å². The van der Waals surface area contributed by atoms with Crippen molar-refractivity contribution in [2.24, 2.45) is 5.92 Å². The van der Waals surface area contributed by atoms with Crippen LogP contribution in [0.2, 0.25) is 0 Å². The van der Waals surface area contributed by atoms with E-state index in [1.54, 1.807) is 4.90 Å². The second kappa shape index (κ2) is 14.7. The summed E-state index contributed by atoms with van der Waals surface area (Å²) in [4.78, 5) is 52.1. The zero-order valence-corrected chi connectivity index (χ0v) is 32.5. The molecule has 1 aromatic carbocycles. The summed E-state index contributed by atoms with van der Waals surface area (Å²) in [5, 5.41) is 2.98. The summed E-state index contributed by atoms with van der Waals surface area (Å²) >= 11 is 1.47. The highest BCUT2D eigenvalue weighted by Gasteiger charge is 2.48. The number of pyridine rings is 2. The van der Waals surface area contributed by atoms with Crippen LogP contribution in [0.3, 0.4) is 0 Å². The van der Waals surface area contributed by atoms with E-state index < -0.39 is 11.4 Å². The lowest BCUT2D eigenvalue weighted by molar-refractivity contribution is -0.124. The maximum absolute atomic E-state index is 14.0. The number of benzene rings is 1. The van der Waals surface area contributed by atoms with Crippen LogP contribution in [0.5, 0.6) is 11.5 Å². The van der Waals surface area contributed by atoms with Gasteiger partial charge in [-0.25, -0.2) is 9.78 Å². The Labute approximate surface area is 309 Å². The van der Waals surface area contributed by atoms with Gasteiger partial charge >= 0.3 is 6.09 Å². The van der Waals surface area contributed by atoms with Crippen molar-refractivity contribution < 1.29 is 28.5 Å². The van der Waals surface area contributed by atoms with Crippen LogP contribution in [0, 0.1) is 19.8 Å². The van der Waals surface area contributed by atoms with Gasteiger partial charge in [0.25, 0.3) is 17.3 Å². The first-order valence-electron chi connectivity index (χ1n) is 18.0. The molecular formula is C39H51N5O7S. The fourth-order valence-electron chi connectivity index (χ4n) is 7.31. The van der Waals surface area contributed by atoms with Crippen molar-refractivity contribution in [1.82, 2.24) is 20.2 Å². The van der Waals surface area contributed by atoms with Gasteiger partial charge in [-0.3, -0.25) is 9.59 Å². The number of aromatic amines is 1. The molecule has 280 valence electrons. The van der Waals surface area contributed by atoms with E-state index in [1.165, 1.54) is 11.8 Å². The van der Waals surface area contributed by atoms with Gasteiger partial charge in [0.05, 0.1) is 12.2 Å². The van der Waals surface area contributed by atoms with Crippen molar-refractivity contribution in [3.05, 3.63) is 63.2 Å². The van der Waals surface area contributed by atoms with E-state index in [0.717, 1.165) is 35.1 Å². The Morgan fingerprint density at radius 3 is 2.37 bits per heavy atom. The van der Waals surface area contributed by atoms with E-state index >= 15 is 0 Å². The first-order chi connectivity index (χ1) is 24.5. The predicted octanol–water partition coefficient (Wildman–Crippen LogP) is 6.45. The van der Waals surface area contributed by atoms with Crippen molar-refractivity contribution in [3.63, 3.8) is 0 Å². The number of ether oxygens (including phenoxy) is 4. The Bertz CT molecular complexity index is 1870. The average Bonchev–Trinajstić information content (AvgIpc) is 3.45. The molecular weight excluding hydrogens is 683 g/mol. The van der Waals surface area contributed by atoms with Crippen LogP contribution >= 0.6 is 11.8 Å². The minimum absolute atomic E-state index is 0.0351. The number of likely N-dealkylation sites (tertiary alicyclic amines) is 1. The molecule has 0 radical (unpaired) electrons. The summed E-state index contributed by atoms with van der Waals surface area (Å²) in [6.45, 7) is 17.9. The standard InChI is InChI=1S/C39H51N5O7S/c1-22-16-31(52-9)30(36(46)42-22)19-41-35(45)28-17-29(26-10-11-32(40-18-26)44-20-23(2)48-24(3)21-44)34-33(25(28)4)49-39(8,50-34)27-12-14-43(15-13-27)37(47)51-38(5,6)7/h10-11,16-18,23-24,27H,12-15,19-21H2,1-9H3,(H,41,45)(H,42,46)/t23-,24+,39?. The number of aryl methyl sites for hydroxylation is 1. The van der Waals surface area contributed by atoms with E-state index in [-0.39, 0.29) is 42.2 Å². The topological polar surface area (TPSA) is 135 Å². The molecule has 3 aromatic rings. The normalized spacial score (nSPS) is 22.0. The summed E-state index contributed by atoms with van der Waals surface area (Å²) in [6, 6.07) is 7.72. The van der Waals surface area contributed by atoms with Gasteiger partial charge in [0.15, 0.2) is 11.5 Å². The fraction of sp³-hybridized carbons (Fsp3) is 0.538. The Morgan fingerprint density at radius 1 is 1.08 bits per heavy atom. The summed E-state index contributed by atoms with van der Waals surface area (Å²) in [7, 11) is 0. The summed E-state index contributed by atoms with van der Waals surface area (Å²) in [6.07, 6.45) is 4.88. The van der Waals surface area contributed by atoms with Gasteiger partial charge in [-0.05, 0) is 91.8 Å². The highest BCUT2D eigenvalue weighted by atomic mass is 32.2. The molecule has 1 unspecified atom stereocenters. The largest absolute Gasteiger partial charge is 0.448 e. The monoisotopic (exact) mass is 733 g/mol. The molecule has 13 heteroatoms. The molecule has 0 aliphatic carbocycles. The van der Waals surface area contributed by atoms with Crippen LogP contribution in [0.15, 0.2) is 40.2 Å². The molecule has 0 spiro atoms. The zero-order chi connectivity index (χ0) is 37.5. The van der Waals surface area contributed by atoms with Gasteiger partial charge < -0.3 is 39.0 Å². The lowest BCUT2D eigenvalue weighted by atomic mass is 9.89. The average molecular weight is 734 g/mol. The van der Waals surface area contributed by atoms with Gasteiger partial charge in [-0.1, -0.05) is 0 Å². The quantitative estimate of drug-likeness (QED) is 0.261. The molecule has 3 aliphatic heterocycles. The van der Waals surface area contributed by atoms with Gasteiger partial charge in [0.1, 0.15) is 11.4 Å². The Balaban J connectivity index is 1.30. The fourth-order valence-corrected chi connectivity index (χ4v) is 8.02. The SMILES string of the molecule is CSc1cc(C)[nH]c(=O)c1CNC(=O)c1cc(-c2ccc(N3C[C@@H](C)O[C@@H](C)C3)nc2)c2c(c1C)OC(C)(C1CCN(C(=O)OC(C)(C)C)CC1)O2. The lowest BCUT2D eigenvalue weighted by Crippen LogP contribution is -2.50. The Hall–Kier alpha value is -4.23. The zero-order valence-electron chi connectivity index (χ0n) is 31.7. The molecule has 52 heavy (non-hydrogen) atoms. The molecule has 2 amide bonds. The van der Waals surface area contributed by atoms with Crippen LogP contribution in [0.1, 0.15) is 81.6 Å². The van der Waals surface area contributed by atoms with Crippen molar-refractivity contribution in [1.29, 1.82) is 0 Å². The number of nitrogens with zero attached hydrogens (tertiary/aromatic N) is 3. The van der Waals surface area contributed by atoms with Gasteiger partial charge in [0.2, 0.25) is 0 Å². The number of carbonyl (C=O) groups is 2. The number of carbonyl (C=O) groups excluding carboxylic acids is 2. The van der Waals surface area contributed by atoms with Crippen LogP contribution in [0.25, 0.3) is 11.1 Å². The molecule has 2 aromatic heterocycles. The second-order valence-electron chi connectivity index (χ2n) is 15.3. The van der Waals surface area contributed by atoms with Crippen LogP contribution in [-0.4, -0.2) is 82.9 Å². The second-order valence-corrected chi connectivity index (χ2v) is 16.1. The number of hydrogen-bond donors (Lipinski definition) is 2. The number of rotatable bonds is 7. The Kier molecular flexibility index (Phi) is 10.6. The molecule has 3 aliphatic rings. The number of H-pyrrole nitrogens is 1. The van der Waals surface area contributed by atoms with Crippen LogP contribution < -0.4 is 25.2 Å². The minimum Gasteiger partial charge on any atom is -0.448 e. The third-order valence-electron chi connectivity index (χ3n) is 9.90. The molecule has 5 heterocycles. The third kappa shape index (κ3) is 7.90. The van der Waals surface area contributed by atoms with E-state index in [1.807, 2.05) is 78.3 Å². The van der Waals surface area contributed by atoms with Gasteiger partial charge in [-0.15, -0.1) is 11.8 Å². The van der Waals surface area contributed by atoms with Crippen molar-refractivity contribution >= 4 is 29.6 Å². The number of morpholine rings is 1. The molecule has 0 bridgehead atoms. The summed E-state index contributed by atoms with van der Waals surface area (Å²) in [5.41, 5.74) is 2.97. The highest BCUT2D eigenvalue weighted by Crippen LogP contribution is 2.52.